The van der Waals surface area contributed by atoms with Crippen LogP contribution in [0.25, 0.3) is 0 Å². The highest BCUT2D eigenvalue weighted by Crippen LogP contribution is 2.18. The molecular weight excluding hydrogens is 342 g/mol. The SMILES string of the molecule is N#Cc1cccc(NC(=O)CSc2n[nH]c(=O)n2C[C@H]2CCCO2)c1. The van der Waals surface area contributed by atoms with E-state index in [4.69, 9.17) is 10.00 Å². The van der Waals surface area contributed by atoms with Crippen LogP contribution in [0.1, 0.15) is 18.4 Å². The van der Waals surface area contributed by atoms with Gasteiger partial charge in [-0.1, -0.05) is 17.8 Å². The van der Waals surface area contributed by atoms with E-state index in [1.807, 2.05) is 6.07 Å². The molecule has 0 spiro atoms. The molecule has 2 N–H and O–H groups in total. The maximum absolute atomic E-state index is 12.1. The third-order valence-electron chi connectivity index (χ3n) is 3.74. The molecule has 3 rings (SSSR count). The van der Waals surface area contributed by atoms with Crippen LogP contribution in [-0.2, 0) is 16.1 Å². The Kier molecular flexibility index (Phi) is 5.53. The summed E-state index contributed by atoms with van der Waals surface area (Å²) in [5.74, 6) is -0.133. The number of hydrogen-bond acceptors (Lipinski definition) is 6. The minimum atomic E-state index is -0.305. The maximum Gasteiger partial charge on any atom is 0.344 e. The van der Waals surface area contributed by atoms with Gasteiger partial charge in [0.1, 0.15) is 0 Å². The maximum atomic E-state index is 12.1. The van der Waals surface area contributed by atoms with Gasteiger partial charge < -0.3 is 10.1 Å². The molecule has 0 unspecified atom stereocenters. The number of benzene rings is 1. The zero-order valence-corrected chi connectivity index (χ0v) is 14.2. The zero-order valence-electron chi connectivity index (χ0n) is 13.4. The van der Waals surface area contributed by atoms with E-state index in [1.165, 1.54) is 16.3 Å². The molecular formula is C16H17N5O3S. The number of amides is 1. The van der Waals surface area contributed by atoms with Crippen molar-refractivity contribution in [2.75, 3.05) is 17.7 Å². The van der Waals surface area contributed by atoms with E-state index in [2.05, 4.69) is 15.5 Å². The number of H-pyrrole nitrogens is 1. The number of nitrogens with one attached hydrogen (secondary N) is 2. The summed E-state index contributed by atoms with van der Waals surface area (Å²) >= 11 is 1.18. The van der Waals surface area contributed by atoms with Gasteiger partial charge in [-0.05, 0) is 31.0 Å². The van der Waals surface area contributed by atoms with Crippen molar-refractivity contribution in [2.24, 2.45) is 0 Å². The molecule has 1 fully saturated rings. The Labute approximate surface area is 148 Å². The second-order valence-electron chi connectivity index (χ2n) is 5.59. The predicted octanol–water partition coefficient (Wildman–Crippen LogP) is 1.35. The van der Waals surface area contributed by atoms with Gasteiger partial charge in [0.2, 0.25) is 5.91 Å². The Hall–Kier alpha value is -2.57. The van der Waals surface area contributed by atoms with Crippen LogP contribution in [0.2, 0.25) is 0 Å². The van der Waals surface area contributed by atoms with Crippen molar-refractivity contribution in [1.29, 1.82) is 5.26 Å². The largest absolute Gasteiger partial charge is 0.376 e. The van der Waals surface area contributed by atoms with Gasteiger partial charge in [0.25, 0.3) is 0 Å². The lowest BCUT2D eigenvalue weighted by atomic mass is 10.2. The van der Waals surface area contributed by atoms with Crippen LogP contribution in [0.5, 0.6) is 0 Å². The minimum Gasteiger partial charge on any atom is -0.376 e. The molecule has 25 heavy (non-hydrogen) atoms. The molecule has 2 aromatic rings. The van der Waals surface area contributed by atoms with Crippen molar-refractivity contribution in [1.82, 2.24) is 14.8 Å². The monoisotopic (exact) mass is 359 g/mol. The van der Waals surface area contributed by atoms with Crippen LogP contribution in [0.3, 0.4) is 0 Å². The van der Waals surface area contributed by atoms with Crippen LogP contribution in [0, 0.1) is 11.3 Å². The number of ether oxygens (including phenoxy) is 1. The molecule has 8 nitrogen and oxygen atoms in total. The molecule has 0 saturated carbocycles. The Balaban J connectivity index is 1.58. The fraction of sp³-hybridized carbons (Fsp3) is 0.375. The molecule has 2 heterocycles. The lowest BCUT2D eigenvalue weighted by Gasteiger charge is -2.11. The molecule has 1 aliphatic heterocycles. The summed E-state index contributed by atoms with van der Waals surface area (Å²) in [6, 6.07) is 8.70. The predicted molar refractivity (Wildman–Crippen MR) is 92.3 cm³/mol. The fourth-order valence-corrected chi connectivity index (χ4v) is 3.32. The molecule has 1 amide bonds. The van der Waals surface area contributed by atoms with Gasteiger partial charge in [-0.3, -0.25) is 9.36 Å². The standard InChI is InChI=1S/C16H17N5O3S/c17-8-11-3-1-4-12(7-11)18-14(22)10-25-16-20-19-15(23)21(16)9-13-5-2-6-24-13/h1,3-4,7,13H,2,5-6,9-10H2,(H,18,22)(H,19,23)/t13-/m1/s1. The van der Waals surface area contributed by atoms with E-state index in [9.17, 15) is 9.59 Å². The van der Waals surface area contributed by atoms with Crippen LogP contribution >= 0.6 is 11.8 Å². The van der Waals surface area contributed by atoms with Gasteiger partial charge in [0.15, 0.2) is 5.16 Å². The molecule has 1 aliphatic rings. The highest BCUT2D eigenvalue weighted by atomic mass is 32.2. The summed E-state index contributed by atoms with van der Waals surface area (Å²) in [5.41, 5.74) is 0.728. The highest BCUT2D eigenvalue weighted by Gasteiger charge is 2.20. The van der Waals surface area contributed by atoms with E-state index in [-0.39, 0.29) is 23.5 Å². The fourth-order valence-electron chi connectivity index (χ4n) is 2.56. The molecule has 1 saturated heterocycles. The van der Waals surface area contributed by atoms with Crippen molar-refractivity contribution in [3.05, 3.63) is 40.3 Å². The number of nitriles is 1. The first-order valence-electron chi connectivity index (χ1n) is 7.85. The van der Waals surface area contributed by atoms with Crippen LogP contribution in [0.15, 0.2) is 34.2 Å². The number of aromatic amines is 1. The number of carbonyl (C=O) groups is 1. The highest BCUT2D eigenvalue weighted by molar-refractivity contribution is 7.99. The van der Waals surface area contributed by atoms with Crippen molar-refractivity contribution in [3.63, 3.8) is 0 Å². The zero-order chi connectivity index (χ0) is 17.6. The molecule has 9 heteroatoms. The number of rotatable bonds is 6. The number of nitrogens with zero attached hydrogens (tertiary/aromatic N) is 3. The van der Waals surface area contributed by atoms with Gasteiger partial charge in [-0.15, -0.1) is 5.10 Å². The minimum absolute atomic E-state index is 0.0113. The number of hydrogen-bond donors (Lipinski definition) is 2. The van der Waals surface area contributed by atoms with Gasteiger partial charge in [0.05, 0.1) is 30.0 Å². The van der Waals surface area contributed by atoms with Gasteiger partial charge in [-0.25, -0.2) is 9.89 Å². The molecule has 1 atom stereocenters. The molecule has 0 radical (unpaired) electrons. The second-order valence-corrected chi connectivity index (χ2v) is 6.53. The van der Waals surface area contributed by atoms with Crippen molar-refractivity contribution in [2.45, 2.75) is 30.6 Å². The van der Waals surface area contributed by atoms with Gasteiger partial charge in [0, 0.05) is 12.3 Å². The Bertz CT molecular complexity index is 848. The molecule has 0 bridgehead atoms. The first-order valence-corrected chi connectivity index (χ1v) is 8.84. The third kappa shape index (κ3) is 4.49. The number of aromatic nitrogens is 3. The van der Waals surface area contributed by atoms with E-state index in [1.54, 1.807) is 24.3 Å². The van der Waals surface area contributed by atoms with E-state index in [0.717, 1.165) is 12.8 Å². The lowest BCUT2D eigenvalue weighted by Crippen LogP contribution is -2.25. The summed E-state index contributed by atoms with van der Waals surface area (Å²) < 4.78 is 7.05. The first kappa shape index (κ1) is 17.3. The topological polar surface area (TPSA) is 113 Å². The molecule has 1 aromatic heterocycles. The third-order valence-corrected chi connectivity index (χ3v) is 4.72. The average molecular weight is 359 g/mol. The molecule has 130 valence electrons. The smallest absolute Gasteiger partial charge is 0.344 e. The average Bonchev–Trinajstić information content (AvgIpc) is 3.25. The molecule has 0 aliphatic carbocycles. The second kappa shape index (κ2) is 8.00. The van der Waals surface area contributed by atoms with E-state index >= 15 is 0 Å². The lowest BCUT2D eigenvalue weighted by molar-refractivity contribution is -0.113. The van der Waals surface area contributed by atoms with E-state index < -0.39 is 0 Å². The van der Waals surface area contributed by atoms with Gasteiger partial charge >= 0.3 is 5.69 Å². The number of anilines is 1. The van der Waals surface area contributed by atoms with Crippen LogP contribution in [0.4, 0.5) is 5.69 Å². The number of thioether (sulfide) groups is 1. The molecule has 1 aromatic carbocycles. The van der Waals surface area contributed by atoms with Crippen molar-refractivity contribution >= 4 is 23.4 Å². The summed E-state index contributed by atoms with van der Waals surface area (Å²) in [5, 5.41) is 18.4. The van der Waals surface area contributed by atoms with Crippen LogP contribution < -0.4 is 11.0 Å². The Morgan fingerprint density at radius 1 is 1.56 bits per heavy atom. The normalized spacial score (nSPS) is 16.5. The van der Waals surface area contributed by atoms with E-state index in [0.29, 0.717) is 29.6 Å². The van der Waals surface area contributed by atoms with Crippen molar-refractivity contribution in [3.8, 4) is 6.07 Å². The van der Waals surface area contributed by atoms with Gasteiger partial charge in [-0.2, -0.15) is 5.26 Å². The summed E-state index contributed by atoms with van der Waals surface area (Å²) in [7, 11) is 0. The summed E-state index contributed by atoms with van der Waals surface area (Å²) in [4.78, 5) is 24.0. The summed E-state index contributed by atoms with van der Waals surface area (Å²) in [6.07, 6.45) is 1.92. The number of carbonyl (C=O) groups excluding carboxylic acids is 1. The Morgan fingerprint density at radius 2 is 2.44 bits per heavy atom. The van der Waals surface area contributed by atoms with Crippen molar-refractivity contribution < 1.29 is 9.53 Å². The summed E-state index contributed by atoms with van der Waals surface area (Å²) in [6.45, 7) is 1.15. The first-order chi connectivity index (χ1) is 12.2. The van der Waals surface area contributed by atoms with Crippen LogP contribution in [-0.4, -0.2) is 39.1 Å². The Morgan fingerprint density at radius 3 is 3.20 bits per heavy atom. The quantitative estimate of drug-likeness (QED) is 0.753.